The molecule has 0 spiro atoms. The van der Waals surface area contributed by atoms with E-state index in [1.165, 1.54) is 17.3 Å². The van der Waals surface area contributed by atoms with Crippen LogP contribution < -0.4 is 5.32 Å². The standard InChI is InChI=1S/C17H16Cl2N2O/c18-15-8-13(10-20-16(15)19)17(22)21-9-12-6-3-5-11-4-1-2-7-14(11)12/h1-2,4,7-8,10,12H,3,5-6,9H2,(H,21,22). The van der Waals surface area contributed by atoms with Gasteiger partial charge in [-0.15, -0.1) is 0 Å². The Hall–Kier alpha value is -1.58. The van der Waals surface area contributed by atoms with Crippen LogP contribution in [-0.4, -0.2) is 17.4 Å². The number of benzene rings is 1. The summed E-state index contributed by atoms with van der Waals surface area (Å²) in [4.78, 5) is 16.1. The van der Waals surface area contributed by atoms with Crippen molar-refractivity contribution in [2.24, 2.45) is 0 Å². The topological polar surface area (TPSA) is 42.0 Å². The highest BCUT2D eigenvalue weighted by atomic mass is 35.5. The van der Waals surface area contributed by atoms with Crippen molar-refractivity contribution in [2.45, 2.75) is 25.2 Å². The molecular formula is C17H16Cl2N2O. The lowest BCUT2D eigenvalue weighted by molar-refractivity contribution is 0.0950. The average Bonchev–Trinajstić information content (AvgIpc) is 2.55. The fraction of sp³-hybridized carbons (Fsp3) is 0.294. The lowest BCUT2D eigenvalue weighted by Gasteiger charge is -2.25. The van der Waals surface area contributed by atoms with Gasteiger partial charge in [0.1, 0.15) is 5.15 Å². The van der Waals surface area contributed by atoms with E-state index in [2.05, 4.69) is 34.6 Å². The minimum Gasteiger partial charge on any atom is -0.351 e. The van der Waals surface area contributed by atoms with Crippen molar-refractivity contribution in [3.63, 3.8) is 0 Å². The first-order valence-electron chi connectivity index (χ1n) is 7.32. The predicted octanol–water partition coefficient (Wildman–Crippen LogP) is 4.24. The molecule has 1 amide bonds. The number of fused-ring (bicyclic) bond motifs is 1. The first-order chi connectivity index (χ1) is 10.6. The van der Waals surface area contributed by atoms with Crippen LogP contribution >= 0.6 is 23.2 Å². The van der Waals surface area contributed by atoms with Crippen molar-refractivity contribution in [1.29, 1.82) is 0 Å². The first kappa shape index (κ1) is 15.3. The molecule has 0 saturated heterocycles. The summed E-state index contributed by atoms with van der Waals surface area (Å²) in [6.45, 7) is 0.621. The van der Waals surface area contributed by atoms with Gasteiger partial charge in [-0.25, -0.2) is 4.98 Å². The second-order valence-corrected chi connectivity index (χ2v) is 6.26. The number of nitrogens with zero attached hydrogens (tertiary/aromatic N) is 1. The summed E-state index contributed by atoms with van der Waals surface area (Å²) in [6, 6.07) is 10.0. The Kier molecular flexibility index (Phi) is 4.65. The van der Waals surface area contributed by atoms with Crippen LogP contribution in [0, 0.1) is 0 Å². The average molecular weight is 335 g/mol. The van der Waals surface area contributed by atoms with Crippen LogP contribution in [0.1, 0.15) is 40.2 Å². The Morgan fingerprint density at radius 2 is 2.14 bits per heavy atom. The molecule has 2 aromatic rings. The van der Waals surface area contributed by atoms with E-state index in [0.29, 0.717) is 18.0 Å². The number of pyridine rings is 1. The van der Waals surface area contributed by atoms with E-state index in [9.17, 15) is 4.79 Å². The Balaban J connectivity index is 1.68. The van der Waals surface area contributed by atoms with Crippen LogP contribution in [0.2, 0.25) is 10.2 Å². The van der Waals surface area contributed by atoms with Gasteiger partial charge in [0.25, 0.3) is 5.91 Å². The highest BCUT2D eigenvalue weighted by Gasteiger charge is 2.20. The van der Waals surface area contributed by atoms with Gasteiger partial charge in [-0.2, -0.15) is 0 Å². The van der Waals surface area contributed by atoms with E-state index in [1.54, 1.807) is 6.07 Å². The highest BCUT2D eigenvalue weighted by molar-refractivity contribution is 6.41. The maximum Gasteiger partial charge on any atom is 0.252 e. The van der Waals surface area contributed by atoms with E-state index in [0.717, 1.165) is 19.3 Å². The molecule has 1 atom stereocenters. The maximum absolute atomic E-state index is 12.2. The van der Waals surface area contributed by atoms with Gasteiger partial charge in [0.15, 0.2) is 0 Å². The summed E-state index contributed by atoms with van der Waals surface area (Å²) in [5, 5.41) is 3.47. The molecule has 1 aromatic heterocycles. The first-order valence-corrected chi connectivity index (χ1v) is 8.08. The summed E-state index contributed by atoms with van der Waals surface area (Å²) < 4.78 is 0. The van der Waals surface area contributed by atoms with Gasteiger partial charge in [-0.05, 0) is 36.5 Å². The molecule has 0 aliphatic heterocycles. The molecule has 3 rings (SSSR count). The molecule has 0 radical (unpaired) electrons. The molecule has 5 heteroatoms. The van der Waals surface area contributed by atoms with Crippen LogP contribution in [0.25, 0.3) is 0 Å². The molecule has 1 heterocycles. The van der Waals surface area contributed by atoms with Gasteiger partial charge >= 0.3 is 0 Å². The summed E-state index contributed by atoms with van der Waals surface area (Å²) in [5.41, 5.74) is 3.17. The number of nitrogens with one attached hydrogen (secondary N) is 1. The predicted molar refractivity (Wildman–Crippen MR) is 88.7 cm³/mol. The quantitative estimate of drug-likeness (QED) is 0.853. The lowest BCUT2D eigenvalue weighted by atomic mass is 9.83. The molecule has 0 bridgehead atoms. The molecule has 1 aliphatic carbocycles. The van der Waals surface area contributed by atoms with Crippen LogP contribution in [0.3, 0.4) is 0 Å². The second-order valence-electron chi connectivity index (χ2n) is 5.49. The molecule has 0 saturated carbocycles. The van der Waals surface area contributed by atoms with E-state index < -0.39 is 0 Å². The van der Waals surface area contributed by atoms with Crippen molar-refractivity contribution >= 4 is 29.1 Å². The van der Waals surface area contributed by atoms with Gasteiger partial charge in [0.2, 0.25) is 0 Å². The van der Waals surface area contributed by atoms with Gasteiger partial charge in [-0.1, -0.05) is 47.5 Å². The largest absolute Gasteiger partial charge is 0.351 e. The fourth-order valence-electron chi connectivity index (χ4n) is 2.93. The molecular weight excluding hydrogens is 319 g/mol. The Labute approximate surface area is 139 Å². The van der Waals surface area contributed by atoms with Gasteiger partial charge in [0, 0.05) is 18.7 Å². The summed E-state index contributed by atoms with van der Waals surface area (Å²) >= 11 is 11.7. The number of amides is 1. The summed E-state index contributed by atoms with van der Waals surface area (Å²) in [6.07, 6.45) is 4.82. The van der Waals surface area contributed by atoms with Gasteiger partial charge < -0.3 is 5.32 Å². The SMILES string of the molecule is O=C(NCC1CCCc2ccccc21)c1cnc(Cl)c(Cl)c1. The van der Waals surface area contributed by atoms with Crippen LogP contribution in [0.5, 0.6) is 0 Å². The van der Waals surface area contributed by atoms with E-state index in [1.807, 2.05) is 0 Å². The Morgan fingerprint density at radius 3 is 2.95 bits per heavy atom. The number of halogens is 2. The molecule has 1 aliphatic rings. The number of carbonyl (C=O) groups excluding carboxylic acids is 1. The normalized spacial score (nSPS) is 16.9. The van der Waals surface area contributed by atoms with Crippen molar-refractivity contribution < 1.29 is 4.79 Å². The zero-order chi connectivity index (χ0) is 15.5. The van der Waals surface area contributed by atoms with Crippen molar-refractivity contribution in [3.8, 4) is 0 Å². The van der Waals surface area contributed by atoms with Crippen molar-refractivity contribution in [1.82, 2.24) is 10.3 Å². The molecule has 1 aromatic carbocycles. The number of rotatable bonds is 3. The number of carbonyl (C=O) groups is 1. The summed E-state index contributed by atoms with van der Waals surface area (Å²) in [7, 11) is 0. The zero-order valence-electron chi connectivity index (χ0n) is 12.0. The molecule has 114 valence electrons. The third-order valence-corrected chi connectivity index (χ3v) is 4.75. The van der Waals surface area contributed by atoms with Crippen molar-refractivity contribution in [2.75, 3.05) is 6.54 Å². The smallest absolute Gasteiger partial charge is 0.252 e. The molecule has 0 fully saturated rings. The number of hydrogen-bond donors (Lipinski definition) is 1. The van der Waals surface area contributed by atoms with Gasteiger partial charge in [0.05, 0.1) is 10.6 Å². The highest BCUT2D eigenvalue weighted by Crippen LogP contribution is 2.30. The molecule has 22 heavy (non-hydrogen) atoms. The maximum atomic E-state index is 12.2. The Bertz CT molecular complexity index is 703. The van der Waals surface area contributed by atoms with E-state index >= 15 is 0 Å². The summed E-state index contributed by atoms with van der Waals surface area (Å²) in [5.74, 6) is 0.193. The minimum atomic E-state index is -0.172. The van der Waals surface area contributed by atoms with E-state index in [-0.39, 0.29) is 16.1 Å². The Morgan fingerprint density at radius 1 is 1.32 bits per heavy atom. The van der Waals surface area contributed by atoms with Crippen LogP contribution in [0.15, 0.2) is 36.5 Å². The molecule has 3 nitrogen and oxygen atoms in total. The van der Waals surface area contributed by atoms with E-state index in [4.69, 9.17) is 23.2 Å². The van der Waals surface area contributed by atoms with Crippen molar-refractivity contribution in [3.05, 3.63) is 63.4 Å². The molecule has 1 unspecified atom stereocenters. The third-order valence-electron chi connectivity index (χ3n) is 4.06. The van der Waals surface area contributed by atoms with Gasteiger partial charge in [-0.3, -0.25) is 4.79 Å². The number of aryl methyl sites for hydroxylation is 1. The molecule has 1 N–H and O–H groups in total. The van der Waals surface area contributed by atoms with Crippen LogP contribution in [0.4, 0.5) is 0 Å². The third kappa shape index (κ3) is 3.26. The fourth-order valence-corrected chi connectivity index (χ4v) is 3.20. The zero-order valence-corrected chi connectivity index (χ0v) is 13.5. The second kappa shape index (κ2) is 6.67. The lowest BCUT2D eigenvalue weighted by Crippen LogP contribution is -2.30. The minimum absolute atomic E-state index is 0.172. The number of hydrogen-bond acceptors (Lipinski definition) is 2. The monoisotopic (exact) mass is 334 g/mol. The number of aromatic nitrogens is 1. The van der Waals surface area contributed by atoms with Crippen LogP contribution in [-0.2, 0) is 6.42 Å².